The number of ether oxygens (including phenoxy) is 1. The summed E-state index contributed by atoms with van der Waals surface area (Å²) in [5.74, 6) is 1.05. The lowest BCUT2D eigenvalue weighted by atomic mass is 9.86. The minimum absolute atomic E-state index is 0.00323. The summed E-state index contributed by atoms with van der Waals surface area (Å²) in [4.78, 5) is 39.1. The molecule has 2 saturated heterocycles. The lowest BCUT2D eigenvalue weighted by Gasteiger charge is -2.33. The molecule has 0 radical (unpaired) electrons. The second kappa shape index (κ2) is 12.0. The first-order valence-electron chi connectivity index (χ1n) is 14.9. The van der Waals surface area contributed by atoms with E-state index in [0.717, 1.165) is 25.1 Å². The van der Waals surface area contributed by atoms with Crippen LogP contribution in [-0.2, 0) is 10.2 Å². The van der Waals surface area contributed by atoms with Crippen LogP contribution in [0.3, 0.4) is 0 Å². The Balaban J connectivity index is 1.15. The maximum atomic E-state index is 13.1. The maximum absolute atomic E-state index is 13.1. The number of rotatable bonds is 6. The molecule has 11 heteroatoms. The van der Waals surface area contributed by atoms with Crippen molar-refractivity contribution in [3.63, 3.8) is 0 Å². The number of fused-ring (bicyclic) bond motifs is 1. The molecule has 6 rings (SSSR count). The van der Waals surface area contributed by atoms with Crippen molar-refractivity contribution in [3.8, 4) is 0 Å². The van der Waals surface area contributed by atoms with Gasteiger partial charge in [-0.3, -0.25) is 9.59 Å². The molecule has 1 atom stereocenters. The van der Waals surface area contributed by atoms with Crippen LogP contribution in [0, 0.1) is 0 Å². The molecule has 2 amide bonds. The molecule has 2 N–H and O–H groups in total. The molecule has 4 aromatic rings. The van der Waals surface area contributed by atoms with E-state index < -0.39 is 0 Å². The zero-order valence-corrected chi connectivity index (χ0v) is 24.9. The highest BCUT2D eigenvalue weighted by Crippen LogP contribution is 2.25. The van der Waals surface area contributed by atoms with Crippen LogP contribution in [0.5, 0.6) is 0 Å². The van der Waals surface area contributed by atoms with Crippen molar-refractivity contribution in [1.29, 1.82) is 0 Å². The van der Waals surface area contributed by atoms with E-state index in [4.69, 9.17) is 14.8 Å². The first-order valence-corrected chi connectivity index (χ1v) is 14.9. The minimum Gasteiger partial charge on any atom is -0.378 e. The van der Waals surface area contributed by atoms with Crippen molar-refractivity contribution < 1.29 is 14.3 Å². The zero-order chi connectivity index (χ0) is 30.0. The van der Waals surface area contributed by atoms with Crippen LogP contribution in [0.2, 0.25) is 0 Å². The van der Waals surface area contributed by atoms with E-state index in [-0.39, 0.29) is 23.3 Å². The average molecular weight is 583 g/mol. The Bertz CT molecular complexity index is 1590. The lowest BCUT2D eigenvalue weighted by molar-refractivity contribution is 0.0303. The van der Waals surface area contributed by atoms with Crippen molar-refractivity contribution in [3.05, 3.63) is 77.6 Å². The van der Waals surface area contributed by atoms with Gasteiger partial charge in [0.25, 0.3) is 11.8 Å². The summed E-state index contributed by atoms with van der Waals surface area (Å²) in [6.07, 6.45) is 5.27. The fraction of sp³-hybridized carbons (Fsp3) is 0.406. The number of hydrogen-bond acceptors (Lipinski definition) is 8. The van der Waals surface area contributed by atoms with Crippen LogP contribution >= 0.6 is 0 Å². The van der Waals surface area contributed by atoms with Crippen LogP contribution < -0.4 is 15.5 Å². The normalized spacial score (nSPS) is 17.6. The summed E-state index contributed by atoms with van der Waals surface area (Å²) in [6.45, 7) is 10.2. The van der Waals surface area contributed by atoms with Gasteiger partial charge in [0.2, 0.25) is 5.95 Å². The summed E-state index contributed by atoms with van der Waals surface area (Å²) < 4.78 is 7.07. The number of carbonyl (C=O) groups is 2. The molecule has 0 saturated carbocycles. The summed E-state index contributed by atoms with van der Waals surface area (Å²) in [6, 6.07) is 15.2. The molecule has 0 bridgehead atoms. The highest BCUT2D eigenvalue weighted by atomic mass is 16.5. The van der Waals surface area contributed by atoms with Gasteiger partial charge in [0.1, 0.15) is 0 Å². The van der Waals surface area contributed by atoms with Gasteiger partial charge >= 0.3 is 0 Å². The Morgan fingerprint density at radius 1 is 0.953 bits per heavy atom. The van der Waals surface area contributed by atoms with Gasteiger partial charge in [-0.15, -0.1) is 5.10 Å². The number of nitrogens with one attached hydrogen (secondary N) is 2. The predicted octanol–water partition coefficient (Wildman–Crippen LogP) is 4.04. The molecule has 2 aromatic carbocycles. The highest BCUT2D eigenvalue weighted by molar-refractivity contribution is 5.95. The SMILES string of the molecule is CC(C)(C)c1ccc(C(=O)N[C@H]2CCCN(c3nc(Nc4ccc(C(=O)N5CCOCC5)cc4)c4nccn4n3)C2)cc1. The molecule has 2 fully saturated rings. The van der Waals surface area contributed by atoms with Crippen LogP contribution in [0.25, 0.3) is 5.65 Å². The molecule has 2 aliphatic heterocycles. The van der Waals surface area contributed by atoms with Crippen LogP contribution in [-0.4, -0.2) is 81.7 Å². The zero-order valence-electron chi connectivity index (χ0n) is 24.9. The van der Waals surface area contributed by atoms with Gasteiger partial charge in [0, 0.05) is 61.4 Å². The molecular weight excluding hydrogens is 544 g/mol. The number of amides is 2. The van der Waals surface area contributed by atoms with Gasteiger partial charge in [0.15, 0.2) is 11.5 Å². The average Bonchev–Trinajstić information content (AvgIpc) is 3.51. The van der Waals surface area contributed by atoms with Crippen molar-refractivity contribution in [1.82, 2.24) is 29.8 Å². The third-order valence-electron chi connectivity index (χ3n) is 7.99. The number of imidazole rings is 1. The monoisotopic (exact) mass is 582 g/mol. The fourth-order valence-corrected chi connectivity index (χ4v) is 5.48. The Kier molecular flexibility index (Phi) is 7.98. The Labute approximate surface area is 251 Å². The first kappa shape index (κ1) is 28.6. The number of anilines is 3. The van der Waals surface area contributed by atoms with Crippen molar-refractivity contribution in [2.45, 2.75) is 45.1 Å². The molecular formula is C32H38N8O3. The number of morpholine rings is 1. The predicted molar refractivity (Wildman–Crippen MR) is 165 cm³/mol. The van der Waals surface area contributed by atoms with Gasteiger partial charge in [-0.2, -0.15) is 4.98 Å². The topological polar surface area (TPSA) is 117 Å². The molecule has 2 aromatic heterocycles. The van der Waals surface area contributed by atoms with Crippen LogP contribution in [0.15, 0.2) is 60.9 Å². The lowest BCUT2D eigenvalue weighted by Crippen LogP contribution is -2.48. The second-order valence-corrected chi connectivity index (χ2v) is 12.1. The molecule has 43 heavy (non-hydrogen) atoms. The quantitative estimate of drug-likeness (QED) is 0.350. The van der Waals surface area contributed by atoms with Gasteiger partial charge in [-0.25, -0.2) is 9.50 Å². The number of carbonyl (C=O) groups excluding carboxylic acids is 2. The number of hydrogen-bond donors (Lipinski definition) is 2. The molecule has 0 aliphatic carbocycles. The highest BCUT2D eigenvalue weighted by Gasteiger charge is 2.25. The smallest absolute Gasteiger partial charge is 0.254 e. The van der Waals surface area contributed by atoms with Crippen molar-refractivity contribution in [2.75, 3.05) is 49.6 Å². The fourth-order valence-electron chi connectivity index (χ4n) is 5.48. The number of benzene rings is 2. The number of aromatic nitrogens is 4. The van der Waals surface area contributed by atoms with Gasteiger partial charge in [0.05, 0.1) is 13.2 Å². The van der Waals surface area contributed by atoms with Crippen LogP contribution in [0.1, 0.15) is 59.9 Å². The van der Waals surface area contributed by atoms with E-state index in [2.05, 4.69) is 41.3 Å². The summed E-state index contributed by atoms with van der Waals surface area (Å²) in [7, 11) is 0. The number of piperidine rings is 1. The second-order valence-electron chi connectivity index (χ2n) is 12.1. The Morgan fingerprint density at radius 2 is 1.67 bits per heavy atom. The molecule has 0 unspecified atom stereocenters. The first-order chi connectivity index (χ1) is 20.7. The van der Waals surface area contributed by atoms with Gasteiger partial charge in [-0.05, 0) is 60.2 Å². The van der Waals surface area contributed by atoms with Crippen LogP contribution in [0.4, 0.5) is 17.5 Å². The van der Waals surface area contributed by atoms with E-state index in [1.165, 1.54) is 5.56 Å². The van der Waals surface area contributed by atoms with Gasteiger partial charge < -0.3 is 25.2 Å². The summed E-state index contributed by atoms with van der Waals surface area (Å²) >= 11 is 0. The Morgan fingerprint density at radius 3 is 2.40 bits per heavy atom. The largest absolute Gasteiger partial charge is 0.378 e. The third kappa shape index (κ3) is 6.46. The van der Waals surface area contributed by atoms with Crippen molar-refractivity contribution >= 4 is 34.9 Å². The molecule has 224 valence electrons. The molecule has 4 heterocycles. The molecule has 0 spiro atoms. The Hall–Kier alpha value is -4.51. The molecule has 11 nitrogen and oxygen atoms in total. The maximum Gasteiger partial charge on any atom is 0.254 e. The van der Waals surface area contributed by atoms with E-state index in [9.17, 15) is 9.59 Å². The summed E-state index contributed by atoms with van der Waals surface area (Å²) in [5.41, 5.74) is 3.90. The minimum atomic E-state index is -0.0730. The van der Waals surface area contributed by atoms with E-state index in [0.29, 0.717) is 61.4 Å². The number of nitrogens with zero attached hydrogens (tertiary/aromatic N) is 6. The standard InChI is InChI=1S/C32H38N8O3/c1-32(2,3)24-10-6-22(7-11-24)29(41)35-26-5-4-15-39(21-26)31-36-27(28-33-14-16-40(28)37-31)34-25-12-8-23(9-13-25)30(42)38-17-19-43-20-18-38/h6-14,16,26H,4-5,15,17-21H2,1-3H3,(H,35,41)(H,34,36,37)/t26-/m0/s1. The van der Waals surface area contributed by atoms with E-state index in [1.807, 2.05) is 53.4 Å². The summed E-state index contributed by atoms with van der Waals surface area (Å²) in [5, 5.41) is 11.3. The van der Waals surface area contributed by atoms with E-state index >= 15 is 0 Å². The molecule has 2 aliphatic rings. The van der Waals surface area contributed by atoms with E-state index in [1.54, 1.807) is 16.9 Å². The van der Waals surface area contributed by atoms with Crippen molar-refractivity contribution in [2.24, 2.45) is 0 Å². The van der Waals surface area contributed by atoms with Gasteiger partial charge in [-0.1, -0.05) is 32.9 Å². The third-order valence-corrected chi connectivity index (χ3v) is 7.99.